The lowest BCUT2D eigenvalue weighted by Crippen LogP contribution is -2.03. The number of esters is 1. The van der Waals surface area contributed by atoms with Crippen LogP contribution in [0.2, 0.25) is 0 Å². The van der Waals surface area contributed by atoms with E-state index in [0.29, 0.717) is 5.75 Å². The standard InChI is InChI=1S/C13H12O6/c1-17-10-6-8(4-5-12(14)19-3)9(13(15)16)7-11(10)18-2/h6-7H,1-3H3,(H,15,16). The molecule has 0 aliphatic carbocycles. The van der Waals surface area contributed by atoms with Crippen LogP contribution in [0.25, 0.3) is 0 Å². The molecule has 0 aliphatic heterocycles. The molecule has 0 saturated carbocycles. The largest absolute Gasteiger partial charge is 0.493 e. The Kier molecular flexibility index (Phi) is 4.77. The van der Waals surface area contributed by atoms with E-state index in [1.165, 1.54) is 33.5 Å². The van der Waals surface area contributed by atoms with E-state index in [4.69, 9.17) is 14.6 Å². The number of benzene rings is 1. The average molecular weight is 264 g/mol. The van der Waals surface area contributed by atoms with Crippen molar-refractivity contribution in [2.75, 3.05) is 21.3 Å². The molecule has 0 aliphatic rings. The van der Waals surface area contributed by atoms with Crippen molar-refractivity contribution in [3.63, 3.8) is 0 Å². The highest BCUT2D eigenvalue weighted by molar-refractivity contribution is 5.94. The number of hydrogen-bond donors (Lipinski definition) is 1. The molecule has 0 amide bonds. The summed E-state index contributed by atoms with van der Waals surface area (Å²) in [6, 6.07) is 2.67. The second-order valence-corrected chi connectivity index (χ2v) is 3.30. The Labute approximate surface area is 109 Å². The normalized spacial score (nSPS) is 9.00. The topological polar surface area (TPSA) is 82.1 Å². The zero-order valence-corrected chi connectivity index (χ0v) is 10.6. The predicted octanol–water partition coefficient (Wildman–Crippen LogP) is 0.926. The number of methoxy groups -OCH3 is 3. The summed E-state index contributed by atoms with van der Waals surface area (Å²) >= 11 is 0. The van der Waals surface area contributed by atoms with Gasteiger partial charge < -0.3 is 19.3 Å². The number of aromatic carboxylic acids is 1. The maximum atomic E-state index is 11.1. The molecule has 6 heteroatoms. The number of carbonyl (C=O) groups excluding carboxylic acids is 1. The summed E-state index contributed by atoms with van der Waals surface area (Å²) < 4.78 is 14.4. The highest BCUT2D eigenvalue weighted by Crippen LogP contribution is 2.30. The van der Waals surface area contributed by atoms with Gasteiger partial charge in [0.05, 0.1) is 26.9 Å². The highest BCUT2D eigenvalue weighted by atomic mass is 16.5. The van der Waals surface area contributed by atoms with Crippen LogP contribution in [0, 0.1) is 11.8 Å². The smallest absolute Gasteiger partial charge is 0.384 e. The fraction of sp³-hybridized carbons (Fsp3) is 0.231. The number of carboxylic acids is 1. The van der Waals surface area contributed by atoms with Gasteiger partial charge in [-0.2, -0.15) is 0 Å². The maximum absolute atomic E-state index is 11.1. The van der Waals surface area contributed by atoms with E-state index in [1.54, 1.807) is 0 Å². The number of ether oxygens (including phenoxy) is 3. The van der Waals surface area contributed by atoms with Crippen LogP contribution >= 0.6 is 0 Å². The summed E-state index contributed by atoms with van der Waals surface area (Å²) in [5.41, 5.74) is 0.0459. The van der Waals surface area contributed by atoms with Crippen molar-refractivity contribution in [1.29, 1.82) is 0 Å². The second kappa shape index (κ2) is 6.31. The predicted molar refractivity (Wildman–Crippen MR) is 65.4 cm³/mol. The Morgan fingerprint density at radius 3 is 2.16 bits per heavy atom. The van der Waals surface area contributed by atoms with Crippen LogP contribution in [-0.2, 0) is 9.53 Å². The molecule has 0 spiro atoms. The second-order valence-electron chi connectivity index (χ2n) is 3.30. The number of hydrogen-bond acceptors (Lipinski definition) is 5. The first-order valence-corrected chi connectivity index (χ1v) is 5.12. The first-order chi connectivity index (χ1) is 9.03. The van der Waals surface area contributed by atoms with Gasteiger partial charge in [-0.1, -0.05) is 5.92 Å². The number of carboxylic acid groups (broad SMARTS) is 1. The minimum Gasteiger partial charge on any atom is -0.493 e. The summed E-state index contributed by atoms with van der Waals surface area (Å²) in [6.45, 7) is 0. The van der Waals surface area contributed by atoms with Gasteiger partial charge in [-0.15, -0.1) is 0 Å². The summed E-state index contributed by atoms with van der Waals surface area (Å²) in [6.07, 6.45) is 0. The quantitative estimate of drug-likeness (QED) is 0.646. The molecule has 100 valence electrons. The van der Waals surface area contributed by atoms with E-state index >= 15 is 0 Å². The lowest BCUT2D eigenvalue weighted by molar-refractivity contribution is -0.133. The van der Waals surface area contributed by atoms with Crippen LogP contribution in [0.1, 0.15) is 15.9 Å². The molecular formula is C13H12O6. The molecule has 0 heterocycles. The van der Waals surface area contributed by atoms with Crippen molar-refractivity contribution in [1.82, 2.24) is 0 Å². The third kappa shape index (κ3) is 3.39. The molecule has 0 saturated heterocycles. The van der Waals surface area contributed by atoms with Crippen molar-refractivity contribution in [2.45, 2.75) is 0 Å². The SMILES string of the molecule is COC(=O)C#Cc1cc(OC)c(OC)cc1C(=O)O. The van der Waals surface area contributed by atoms with E-state index in [1.807, 2.05) is 0 Å². The van der Waals surface area contributed by atoms with Crippen molar-refractivity contribution in [3.8, 4) is 23.3 Å². The maximum Gasteiger partial charge on any atom is 0.384 e. The summed E-state index contributed by atoms with van der Waals surface area (Å²) in [4.78, 5) is 22.1. The Morgan fingerprint density at radius 2 is 1.68 bits per heavy atom. The van der Waals surface area contributed by atoms with E-state index in [-0.39, 0.29) is 16.9 Å². The third-order valence-corrected chi connectivity index (χ3v) is 2.24. The summed E-state index contributed by atoms with van der Waals surface area (Å²) in [7, 11) is 3.99. The Balaban J connectivity index is 3.38. The van der Waals surface area contributed by atoms with E-state index in [2.05, 4.69) is 16.6 Å². The van der Waals surface area contributed by atoms with Gasteiger partial charge in [0.2, 0.25) is 0 Å². The third-order valence-electron chi connectivity index (χ3n) is 2.24. The van der Waals surface area contributed by atoms with Crippen LogP contribution in [0.5, 0.6) is 11.5 Å². The van der Waals surface area contributed by atoms with Crippen molar-refractivity contribution in [2.24, 2.45) is 0 Å². The minimum atomic E-state index is -1.19. The van der Waals surface area contributed by atoms with Crippen LogP contribution in [-0.4, -0.2) is 38.4 Å². The van der Waals surface area contributed by atoms with Gasteiger partial charge in [-0.05, 0) is 6.07 Å². The highest BCUT2D eigenvalue weighted by Gasteiger charge is 2.15. The molecule has 0 atom stereocenters. The van der Waals surface area contributed by atoms with Gasteiger partial charge in [0.25, 0.3) is 0 Å². The lowest BCUT2D eigenvalue weighted by Gasteiger charge is -2.09. The lowest BCUT2D eigenvalue weighted by atomic mass is 10.1. The van der Waals surface area contributed by atoms with Gasteiger partial charge >= 0.3 is 11.9 Å². The molecule has 0 aromatic heterocycles. The van der Waals surface area contributed by atoms with E-state index < -0.39 is 11.9 Å². The molecule has 19 heavy (non-hydrogen) atoms. The molecule has 0 fully saturated rings. The number of rotatable bonds is 3. The minimum absolute atomic E-state index is 0.0888. The van der Waals surface area contributed by atoms with E-state index in [9.17, 15) is 9.59 Å². The monoisotopic (exact) mass is 264 g/mol. The number of carbonyl (C=O) groups is 2. The van der Waals surface area contributed by atoms with Crippen molar-refractivity contribution in [3.05, 3.63) is 23.3 Å². The molecule has 1 aromatic carbocycles. The van der Waals surface area contributed by atoms with Crippen LogP contribution in [0.3, 0.4) is 0 Å². The van der Waals surface area contributed by atoms with E-state index in [0.717, 1.165) is 0 Å². The first kappa shape index (κ1) is 14.4. The van der Waals surface area contributed by atoms with Crippen molar-refractivity contribution >= 4 is 11.9 Å². The van der Waals surface area contributed by atoms with Gasteiger partial charge in [-0.25, -0.2) is 9.59 Å². The fourth-order valence-electron chi connectivity index (χ4n) is 1.33. The van der Waals surface area contributed by atoms with Crippen LogP contribution in [0.15, 0.2) is 12.1 Å². The van der Waals surface area contributed by atoms with Crippen molar-refractivity contribution < 1.29 is 28.9 Å². The average Bonchev–Trinajstić information content (AvgIpc) is 2.43. The van der Waals surface area contributed by atoms with Gasteiger partial charge in [0.1, 0.15) is 0 Å². The molecule has 6 nitrogen and oxygen atoms in total. The molecular weight excluding hydrogens is 252 g/mol. The van der Waals surface area contributed by atoms with Crippen LogP contribution < -0.4 is 9.47 Å². The molecule has 0 unspecified atom stereocenters. The van der Waals surface area contributed by atoms with Gasteiger partial charge in [0.15, 0.2) is 11.5 Å². The Morgan fingerprint density at radius 1 is 1.11 bits per heavy atom. The zero-order chi connectivity index (χ0) is 14.4. The molecule has 1 aromatic rings. The summed E-state index contributed by atoms with van der Waals surface area (Å²) in [5, 5.41) is 9.09. The molecule has 1 N–H and O–H groups in total. The Hall–Kier alpha value is -2.68. The fourth-order valence-corrected chi connectivity index (χ4v) is 1.33. The van der Waals surface area contributed by atoms with Crippen LogP contribution in [0.4, 0.5) is 0 Å². The summed E-state index contributed by atoms with van der Waals surface area (Å²) in [5.74, 6) is 3.24. The molecule has 0 bridgehead atoms. The van der Waals surface area contributed by atoms with Gasteiger partial charge in [-0.3, -0.25) is 0 Å². The zero-order valence-electron chi connectivity index (χ0n) is 10.6. The van der Waals surface area contributed by atoms with Gasteiger partial charge in [0, 0.05) is 17.6 Å². The molecule has 0 radical (unpaired) electrons. The first-order valence-electron chi connectivity index (χ1n) is 5.12. The molecule has 1 rings (SSSR count). The Bertz CT molecular complexity index is 564.